The molecule has 5 rings (SSSR count). The fourth-order valence-corrected chi connectivity index (χ4v) is 6.35. The highest BCUT2D eigenvalue weighted by atomic mass is 35.5. The number of anilines is 1. The molecule has 0 bridgehead atoms. The number of aromatic carboxylic acids is 1. The Morgan fingerprint density at radius 3 is 2.57 bits per heavy atom. The van der Waals surface area contributed by atoms with E-state index in [2.05, 4.69) is 20.4 Å². The van der Waals surface area contributed by atoms with Crippen LogP contribution in [0.2, 0.25) is 5.28 Å². The molecule has 1 unspecified atom stereocenters. The minimum Gasteiger partial charge on any atom is -0.478 e. The minimum atomic E-state index is -5.26. The molecule has 7 N–H and O–H groups in total. The fourth-order valence-electron chi connectivity index (χ4n) is 5.38. The van der Waals surface area contributed by atoms with Crippen molar-refractivity contribution in [1.82, 2.24) is 19.7 Å². The van der Waals surface area contributed by atoms with Crippen LogP contribution in [0.25, 0.3) is 11.0 Å². The first-order valence-corrected chi connectivity index (χ1v) is 15.2. The van der Waals surface area contributed by atoms with Gasteiger partial charge < -0.3 is 45.0 Å². The summed E-state index contributed by atoms with van der Waals surface area (Å²) < 4.78 is 25.2. The molecule has 1 aliphatic heterocycles. The van der Waals surface area contributed by atoms with Crippen LogP contribution in [-0.4, -0.2) is 98.8 Å². The van der Waals surface area contributed by atoms with E-state index in [-0.39, 0.29) is 28.1 Å². The van der Waals surface area contributed by atoms with Gasteiger partial charge in [-0.3, -0.25) is 4.57 Å². The first-order valence-electron chi connectivity index (χ1n) is 13.2. The van der Waals surface area contributed by atoms with Gasteiger partial charge in [-0.1, -0.05) is 31.0 Å². The number of nitrogens with one attached hydrogen (secondary N) is 1. The summed E-state index contributed by atoms with van der Waals surface area (Å²) in [5, 5.41) is 46.7. The van der Waals surface area contributed by atoms with Gasteiger partial charge in [-0.2, -0.15) is 15.1 Å². The van der Waals surface area contributed by atoms with Crippen molar-refractivity contribution in [2.24, 2.45) is 0 Å². The Kier molecular flexibility index (Phi) is 8.86. The van der Waals surface area contributed by atoms with E-state index in [9.17, 15) is 39.6 Å². The second kappa shape index (κ2) is 12.1. The van der Waals surface area contributed by atoms with Crippen molar-refractivity contribution in [3.63, 3.8) is 0 Å². The van der Waals surface area contributed by atoms with Gasteiger partial charge in [0.1, 0.15) is 24.1 Å². The van der Waals surface area contributed by atoms with Gasteiger partial charge in [-0.25, -0.2) is 9.48 Å². The molecule has 2 fully saturated rings. The Labute approximate surface area is 244 Å². The molecule has 228 valence electrons. The number of carbonyl (C=O) groups is 1. The summed E-state index contributed by atoms with van der Waals surface area (Å²) in [7, 11) is -5.26. The van der Waals surface area contributed by atoms with Crippen LogP contribution in [0.1, 0.15) is 47.8 Å². The maximum absolute atomic E-state index is 12.6. The molecule has 3 aromatic rings. The van der Waals surface area contributed by atoms with Crippen molar-refractivity contribution in [1.29, 1.82) is 0 Å². The molecule has 15 nitrogen and oxygen atoms in total. The predicted molar refractivity (Wildman–Crippen MR) is 147 cm³/mol. The molecule has 0 amide bonds. The van der Waals surface area contributed by atoms with Gasteiger partial charge in [0.15, 0.2) is 17.2 Å². The van der Waals surface area contributed by atoms with Gasteiger partial charge in [-0.05, 0) is 36.1 Å². The van der Waals surface area contributed by atoms with Crippen LogP contribution in [0.4, 0.5) is 5.82 Å². The first kappa shape index (κ1) is 30.7. The van der Waals surface area contributed by atoms with E-state index < -0.39 is 63.1 Å². The van der Waals surface area contributed by atoms with E-state index in [0.717, 1.165) is 25.7 Å². The number of carboxylic acid groups (broad SMARTS) is 1. The summed E-state index contributed by atoms with van der Waals surface area (Å²) in [5.41, 5.74) is 0.00120. The minimum absolute atomic E-state index is 0.00904. The van der Waals surface area contributed by atoms with Crippen LogP contribution in [0.15, 0.2) is 30.5 Å². The lowest BCUT2D eigenvalue weighted by Crippen LogP contribution is -2.43. The molecule has 1 saturated carbocycles. The SMILES string of the molecule is O=C(O)c1ccccc1CC(CO)(OC[C@H]1O[C@@H](n2ncc3c(NC4CCCC4)nc(Cl)nc32)[C@H](O)[C@@H]1O)P(=O)(O)O. The van der Waals surface area contributed by atoms with Crippen LogP contribution < -0.4 is 5.32 Å². The zero-order valence-electron chi connectivity index (χ0n) is 22.2. The van der Waals surface area contributed by atoms with Crippen LogP contribution >= 0.6 is 19.2 Å². The summed E-state index contributed by atoms with van der Waals surface area (Å²) >= 11 is 6.18. The molecule has 1 aliphatic carbocycles. The Bertz CT molecular complexity index is 1500. The van der Waals surface area contributed by atoms with Crippen LogP contribution in [-0.2, 0) is 20.5 Å². The molecule has 0 radical (unpaired) electrons. The van der Waals surface area contributed by atoms with Crippen molar-refractivity contribution in [2.75, 3.05) is 18.5 Å². The highest BCUT2D eigenvalue weighted by molar-refractivity contribution is 7.53. The monoisotopic (exact) mass is 627 g/mol. The largest absolute Gasteiger partial charge is 0.478 e. The number of benzene rings is 1. The number of aliphatic hydroxyl groups excluding tert-OH is 3. The molecule has 5 atom stereocenters. The molecule has 0 spiro atoms. The van der Waals surface area contributed by atoms with Gasteiger partial charge in [0.25, 0.3) is 0 Å². The number of hydrogen-bond donors (Lipinski definition) is 7. The number of aromatic nitrogens is 4. The average Bonchev–Trinajstić information content (AvgIpc) is 3.67. The molecule has 2 aliphatic rings. The first-order chi connectivity index (χ1) is 19.9. The Morgan fingerprint density at radius 1 is 1.19 bits per heavy atom. The fraction of sp³-hybridized carbons (Fsp3) is 0.520. The molecule has 42 heavy (non-hydrogen) atoms. The number of halogens is 1. The smallest absolute Gasteiger partial charge is 0.359 e. The number of hydrogen-bond acceptors (Lipinski definition) is 11. The Balaban J connectivity index is 1.38. The van der Waals surface area contributed by atoms with Crippen molar-refractivity contribution >= 4 is 42.0 Å². The number of nitrogens with zero attached hydrogens (tertiary/aromatic N) is 4. The van der Waals surface area contributed by atoms with E-state index in [0.29, 0.717) is 11.2 Å². The van der Waals surface area contributed by atoms with Gasteiger partial charge in [0.05, 0.1) is 30.4 Å². The molecular weight excluding hydrogens is 597 g/mol. The Hall–Kier alpha value is -2.72. The van der Waals surface area contributed by atoms with Gasteiger partial charge in [0, 0.05) is 12.5 Å². The normalized spacial score (nSPS) is 24.7. The van der Waals surface area contributed by atoms with Crippen molar-refractivity contribution in [2.45, 2.75) is 68.0 Å². The highest BCUT2D eigenvalue weighted by Gasteiger charge is 2.51. The summed E-state index contributed by atoms with van der Waals surface area (Å²) in [6, 6.07) is 5.74. The number of fused-ring (bicyclic) bond motifs is 1. The molecule has 2 aromatic heterocycles. The third kappa shape index (κ3) is 5.89. The third-order valence-corrected chi connectivity index (χ3v) is 9.37. The maximum atomic E-state index is 12.6. The third-order valence-electron chi connectivity index (χ3n) is 7.71. The van der Waals surface area contributed by atoms with Crippen LogP contribution in [0, 0.1) is 0 Å². The van der Waals surface area contributed by atoms with Crippen LogP contribution in [0.3, 0.4) is 0 Å². The number of rotatable bonds is 11. The lowest BCUT2D eigenvalue weighted by Gasteiger charge is -2.34. The quantitative estimate of drug-likeness (QED) is 0.117. The van der Waals surface area contributed by atoms with Gasteiger partial charge >= 0.3 is 13.6 Å². The molecule has 1 saturated heterocycles. The molecule has 17 heteroatoms. The number of aliphatic hydroxyl groups is 3. The summed E-state index contributed by atoms with van der Waals surface area (Å²) in [6.45, 7) is -1.87. The number of carboxylic acids is 1. The standard InChI is InChI=1S/C25H31ClN5O10P/c26-24-29-20(28-14-6-2-3-7-14)16-10-27-31(21(16)30-24)22-19(34)18(33)17(41-22)11-40-25(12-32,42(37,38)39)9-13-5-1-4-8-15(13)23(35)36/h1,4-5,8,10,14,17-19,22,32-34H,2-3,6-7,9,11-12H2,(H,35,36)(H,28,29,30)(H2,37,38,39)/t17-,18-,19-,22-,25?/m1/s1. The van der Waals surface area contributed by atoms with E-state index in [4.69, 9.17) is 21.1 Å². The molecular formula is C25H31ClN5O10P. The van der Waals surface area contributed by atoms with Crippen molar-refractivity contribution in [3.05, 3.63) is 46.9 Å². The predicted octanol–water partition coefficient (Wildman–Crippen LogP) is 1.28. The van der Waals surface area contributed by atoms with Gasteiger partial charge in [-0.15, -0.1) is 0 Å². The number of ether oxygens (including phenoxy) is 2. The molecule has 3 heterocycles. The van der Waals surface area contributed by atoms with E-state index in [1.54, 1.807) is 0 Å². The molecule has 1 aromatic carbocycles. The van der Waals surface area contributed by atoms with E-state index in [1.807, 2.05) is 0 Å². The second-order valence-corrected chi connectivity index (χ2v) is 12.7. The zero-order chi connectivity index (χ0) is 30.2. The van der Waals surface area contributed by atoms with E-state index in [1.165, 1.54) is 35.1 Å². The zero-order valence-corrected chi connectivity index (χ0v) is 23.8. The van der Waals surface area contributed by atoms with Gasteiger partial charge in [0.2, 0.25) is 5.28 Å². The van der Waals surface area contributed by atoms with Crippen molar-refractivity contribution < 1.29 is 49.0 Å². The summed E-state index contributed by atoms with van der Waals surface area (Å²) in [4.78, 5) is 40.5. The van der Waals surface area contributed by atoms with E-state index >= 15 is 0 Å². The van der Waals surface area contributed by atoms with Crippen LogP contribution in [0.5, 0.6) is 0 Å². The summed E-state index contributed by atoms with van der Waals surface area (Å²) in [6.07, 6.45) is -0.839. The maximum Gasteiger partial charge on any atom is 0.359 e. The summed E-state index contributed by atoms with van der Waals surface area (Å²) in [5.74, 6) is -0.868. The lowest BCUT2D eigenvalue weighted by molar-refractivity contribution is -0.109. The topological polar surface area (TPSA) is 230 Å². The average molecular weight is 628 g/mol. The second-order valence-electron chi connectivity index (χ2n) is 10.4. The Morgan fingerprint density at radius 2 is 1.90 bits per heavy atom. The highest BCUT2D eigenvalue weighted by Crippen LogP contribution is 2.53. The van der Waals surface area contributed by atoms with Crippen molar-refractivity contribution in [3.8, 4) is 0 Å². The lowest BCUT2D eigenvalue weighted by atomic mass is 10.0.